The number of carbonyl (C=O) groups is 1. The molecule has 25 heavy (non-hydrogen) atoms. The van der Waals surface area contributed by atoms with Crippen molar-refractivity contribution in [2.24, 2.45) is 0 Å². The highest BCUT2D eigenvalue weighted by atomic mass is 35.5. The molecule has 0 spiro atoms. The molecule has 142 valence electrons. The van der Waals surface area contributed by atoms with Crippen LogP contribution in [-0.2, 0) is 16.6 Å². The normalized spacial score (nSPS) is 15.5. The summed E-state index contributed by atoms with van der Waals surface area (Å²) in [5.41, 5.74) is 2.97. The summed E-state index contributed by atoms with van der Waals surface area (Å²) in [4.78, 5) is 14.3. The van der Waals surface area contributed by atoms with Gasteiger partial charge >= 0.3 is 0 Å². The largest absolute Gasteiger partial charge is 0.343 e. The van der Waals surface area contributed by atoms with Crippen molar-refractivity contribution in [3.8, 4) is 0 Å². The second-order valence-corrected chi connectivity index (χ2v) is 8.14. The first kappa shape index (κ1) is 22.0. The zero-order valence-electron chi connectivity index (χ0n) is 16.3. The monoisotopic (exact) mass is 366 g/mol. The number of rotatable bonds is 6. The van der Waals surface area contributed by atoms with E-state index < -0.39 is 0 Å². The molecule has 1 aliphatic rings. The van der Waals surface area contributed by atoms with Crippen LogP contribution in [0.1, 0.15) is 64.0 Å². The van der Waals surface area contributed by atoms with Crippen molar-refractivity contribution in [1.82, 2.24) is 10.2 Å². The van der Waals surface area contributed by atoms with E-state index in [1.54, 1.807) is 0 Å². The Hall–Kier alpha value is -1.06. The fraction of sp³-hybridized carbons (Fsp3) is 0.667. The molecule has 0 aromatic heterocycles. The Kier molecular flexibility index (Phi) is 8.95. The number of hydrogen-bond acceptors (Lipinski definition) is 2. The van der Waals surface area contributed by atoms with Gasteiger partial charge in [-0.15, -0.1) is 12.4 Å². The summed E-state index contributed by atoms with van der Waals surface area (Å²) >= 11 is 0. The molecule has 1 aliphatic heterocycles. The molecular weight excluding hydrogens is 332 g/mol. The number of piperidine rings is 1. The minimum Gasteiger partial charge on any atom is -0.343 e. The van der Waals surface area contributed by atoms with E-state index in [0.717, 1.165) is 45.2 Å². The van der Waals surface area contributed by atoms with E-state index >= 15 is 0 Å². The van der Waals surface area contributed by atoms with E-state index in [9.17, 15) is 4.79 Å². The standard InChI is InChI=1S/C21H34N2O.ClH/c1-21(2,3)18-11-9-17(10-12-18)7-5-6-8-20(24)23(4)19-13-15-22-16-14-19;/h9-12,19,22H,5-8,13-16H2,1-4H3;1H. The predicted octanol–water partition coefficient (Wildman–Crippen LogP) is 4.33. The van der Waals surface area contributed by atoms with E-state index in [1.807, 2.05) is 11.9 Å². The summed E-state index contributed by atoms with van der Waals surface area (Å²) in [6.45, 7) is 8.80. The molecule has 1 N–H and O–H groups in total. The molecule has 1 fully saturated rings. The Morgan fingerprint density at radius 1 is 1.12 bits per heavy atom. The van der Waals surface area contributed by atoms with Crippen LogP contribution in [0.2, 0.25) is 0 Å². The first-order valence-corrected chi connectivity index (χ1v) is 9.44. The average Bonchev–Trinajstić information content (AvgIpc) is 2.58. The quantitative estimate of drug-likeness (QED) is 0.760. The minimum absolute atomic E-state index is 0. The minimum atomic E-state index is 0. The SMILES string of the molecule is CN(C(=O)CCCCc1ccc(C(C)(C)C)cc1)C1CCNCC1.Cl. The van der Waals surface area contributed by atoms with Gasteiger partial charge in [-0.1, -0.05) is 45.0 Å². The maximum atomic E-state index is 12.3. The van der Waals surface area contributed by atoms with Gasteiger partial charge in [0.1, 0.15) is 0 Å². The van der Waals surface area contributed by atoms with Gasteiger partial charge < -0.3 is 10.2 Å². The van der Waals surface area contributed by atoms with E-state index in [1.165, 1.54) is 11.1 Å². The van der Waals surface area contributed by atoms with Crippen molar-refractivity contribution >= 4 is 18.3 Å². The van der Waals surface area contributed by atoms with Gasteiger partial charge in [0, 0.05) is 19.5 Å². The Labute approximate surface area is 160 Å². The van der Waals surface area contributed by atoms with Crippen molar-refractivity contribution in [3.63, 3.8) is 0 Å². The van der Waals surface area contributed by atoms with E-state index in [0.29, 0.717) is 18.4 Å². The first-order chi connectivity index (χ1) is 11.4. The van der Waals surface area contributed by atoms with Gasteiger partial charge in [-0.3, -0.25) is 4.79 Å². The van der Waals surface area contributed by atoms with Gasteiger partial charge in [-0.25, -0.2) is 0 Å². The third-order valence-corrected chi connectivity index (χ3v) is 5.18. The molecule has 1 amide bonds. The molecule has 1 heterocycles. The Morgan fingerprint density at radius 2 is 1.72 bits per heavy atom. The van der Waals surface area contributed by atoms with E-state index in [2.05, 4.69) is 50.4 Å². The summed E-state index contributed by atoms with van der Waals surface area (Å²) in [6, 6.07) is 9.40. The summed E-state index contributed by atoms with van der Waals surface area (Å²) in [5.74, 6) is 0.310. The lowest BCUT2D eigenvalue weighted by Gasteiger charge is -2.31. The summed E-state index contributed by atoms with van der Waals surface area (Å²) in [5, 5.41) is 3.35. The summed E-state index contributed by atoms with van der Waals surface area (Å²) in [6.07, 6.45) is 5.98. The molecule has 0 saturated carbocycles. The molecule has 1 saturated heterocycles. The van der Waals surface area contributed by atoms with Crippen molar-refractivity contribution in [1.29, 1.82) is 0 Å². The van der Waals surface area contributed by atoms with Crippen LogP contribution in [0.5, 0.6) is 0 Å². The van der Waals surface area contributed by atoms with Gasteiger partial charge in [-0.05, 0) is 61.7 Å². The number of nitrogens with one attached hydrogen (secondary N) is 1. The maximum Gasteiger partial charge on any atom is 0.222 e. The lowest BCUT2D eigenvalue weighted by Crippen LogP contribution is -2.43. The number of aryl methyl sites for hydroxylation is 1. The molecule has 0 radical (unpaired) electrons. The molecule has 1 aromatic rings. The van der Waals surface area contributed by atoms with Crippen LogP contribution < -0.4 is 5.32 Å². The lowest BCUT2D eigenvalue weighted by molar-refractivity contribution is -0.132. The smallest absolute Gasteiger partial charge is 0.222 e. The number of unbranched alkanes of at least 4 members (excludes halogenated alkanes) is 1. The highest BCUT2D eigenvalue weighted by Gasteiger charge is 2.21. The lowest BCUT2D eigenvalue weighted by atomic mass is 9.86. The summed E-state index contributed by atoms with van der Waals surface area (Å²) in [7, 11) is 1.98. The van der Waals surface area contributed by atoms with Crippen LogP contribution in [0.4, 0.5) is 0 Å². The van der Waals surface area contributed by atoms with Gasteiger partial charge in [0.15, 0.2) is 0 Å². The van der Waals surface area contributed by atoms with Gasteiger partial charge in [0.25, 0.3) is 0 Å². The number of benzene rings is 1. The zero-order valence-corrected chi connectivity index (χ0v) is 17.1. The van der Waals surface area contributed by atoms with Crippen LogP contribution in [-0.4, -0.2) is 37.0 Å². The molecule has 3 nitrogen and oxygen atoms in total. The number of amides is 1. The van der Waals surface area contributed by atoms with Gasteiger partial charge in [0.05, 0.1) is 0 Å². The third-order valence-electron chi connectivity index (χ3n) is 5.18. The second kappa shape index (κ2) is 10.2. The number of halogens is 1. The topological polar surface area (TPSA) is 32.3 Å². The maximum absolute atomic E-state index is 12.3. The Morgan fingerprint density at radius 3 is 2.28 bits per heavy atom. The highest BCUT2D eigenvalue weighted by molar-refractivity contribution is 5.85. The molecule has 1 aromatic carbocycles. The molecule has 2 rings (SSSR count). The fourth-order valence-corrected chi connectivity index (χ4v) is 3.35. The van der Waals surface area contributed by atoms with Crippen LogP contribution in [0.3, 0.4) is 0 Å². The van der Waals surface area contributed by atoms with Crippen LogP contribution >= 0.6 is 12.4 Å². The van der Waals surface area contributed by atoms with Crippen LogP contribution in [0.15, 0.2) is 24.3 Å². The van der Waals surface area contributed by atoms with Crippen molar-refractivity contribution < 1.29 is 4.79 Å². The molecule has 0 aliphatic carbocycles. The second-order valence-electron chi connectivity index (χ2n) is 8.14. The first-order valence-electron chi connectivity index (χ1n) is 9.44. The van der Waals surface area contributed by atoms with Crippen molar-refractivity contribution in [3.05, 3.63) is 35.4 Å². The third kappa shape index (κ3) is 6.99. The van der Waals surface area contributed by atoms with Gasteiger partial charge in [-0.2, -0.15) is 0 Å². The Bertz CT molecular complexity index is 516. The summed E-state index contributed by atoms with van der Waals surface area (Å²) < 4.78 is 0. The van der Waals surface area contributed by atoms with Crippen LogP contribution in [0, 0.1) is 0 Å². The Balaban J connectivity index is 0.00000312. The van der Waals surface area contributed by atoms with Gasteiger partial charge in [0.2, 0.25) is 5.91 Å². The molecule has 0 bridgehead atoms. The van der Waals surface area contributed by atoms with Crippen LogP contribution in [0.25, 0.3) is 0 Å². The van der Waals surface area contributed by atoms with E-state index in [-0.39, 0.29) is 17.8 Å². The predicted molar refractivity (Wildman–Crippen MR) is 109 cm³/mol. The molecule has 4 heteroatoms. The number of nitrogens with zero attached hydrogens (tertiary/aromatic N) is 1. The fourth-order valence-electron chi connectivity index (χ4n) is 3.35. The van der Waals surface area contributed by atoms with E-state index in [4.69, 9.17) is 0 Å². The number of carbonyl (C=O) groups excluding carboxylic acids is 1. The molecule has 0 atom stereocenters. The molecule has 0 unspecified atom stereocenters. The average molecular weight is 367 g/mol. The number of hydrogen-bond donors (Lipinski definition) is 1. The molecular formula is C21H35ClN2O. The van der Waals surface area contributed by atoms with Crippen molar-refractivity contribution in [2.45, 2.75) is 70.8 Å². The van der Waals surface area contributed by atoms with Crippen molar-refractivity contribution in [2.75, 3.05) is 20.1 Å². The zero-order chi connectivity index (χ0) is 17.6. The highest BCUT2D eigenvalue weighted by Crippen LogP contribution is 2.22.